The molecule has 0 aromatic heterocycles. The van der Waals surface area contributed by atoms with Crippen molar-refractivity contribution < 1.29 is 14.6 Å². The number of aliphatic hydroxyl groups is 1. The van der Waals surface area contributed by atoms with E-state index in [-0.39, 0.29) is 17.4 Å². The van der Waals surface area contributed by atoms with E-state index in [1.807, 2.05) is 0 Å². The van der Waals surface area contributed by atoms with E-state index in [4.69, 9.17) is 9.84 Å². The second kappa shape index (κ2) is 8.51. The molecule has 0 spiro atoms. The zero-order valence-corrected chi connectivity index (χ0v) is 9.55. The van der Waals surface area contributed by atoms with Crippen LogP contribution in [0.5, 0.6) is 0 Å². The molecule has 0 heterocycles. The van der Waals surface area contributed by atoms with E-state index >= 15 is 0 Å². The van der Waals surface area contributed by atoms with Gasteiger partial charge in [-0.1, -0.05) is 28.8 Å². The zero-order chi connectivity index (χ0) is 10.1. The summed E-state index contributed by atoms with van der Waals surface area (Å²) in [7, 11) is 0. The molecule has 0 fully saturated rings. The molecule has 78 valence electrons. The summed E-state index contributed by atoms with van der Waals surface area (Å²) in [5.74, 6) is -0.188. The van der Waals surface area contributed by atoms with E-state index in [2.05, 4.69) is 15.9 Å². The molecule has 0 saturated carbocycles. The maximum atomic E-state index is 11.1. The first-order chi connectivity index (χ1) is 6.22. The highest BCUT2D eigenvalue weighted by Gasteiger charge is 2.14. The lowest BCUT2D eigenvalue weighted by atomic mass is 10.1. The molecule has 1 N–H and O–H groups in total. The van der Waals surface area contributed by atoms with Gasteiger partial charge in [0.15, 0.2) is 0 Å². The van der Waals surface area contributed by atoms with Crippen LogP contribution in [0.2, 0.25) is 0 Å². The van der Waals surface area contributed by atoms with Crippen LogP contribution in [0.1, 0.15) is 32.6 Å². The molecule has 1 atom stereocenters. The SMILES string of the molecule is CCOC(=O)C(Br)CCCCCO. The quantitative estimate of drug-likeness (QED) is 0.428. The molecule has 0 radical (unpaired) electrons. The first-order valence-corrected chi connectivity index (χ1v) is 5.55. The highest BCUT2D eigenvalue weighted by atomic mass is 79.9. The van der Waals surface area contributed by atoms with Crippen molar-refractivity contribution in [3.05, 3.63) is 0 Å². The predicted molar refractivity (Wildman–Crippen MR) is 54.9 cm³/mol. The van der Waals surface area contributed by atoms with Gasteiger partial charge in [0.25, 0.3) is 0 Å². The summed E-state index contributed by atoms with van der Waals surface area (Å²) in [5, 5.41) is 8.52. The fourth-order valence-corrected chi connectivity index (χ4v) is 1.42. The van der Waals surface area contributed by atoms with Gasteiger partial charge in [-0.2, -0.15) is 0 Å². The van der Waals surface area contributed by atoms with E-state index in [0.29, 0.717) is 6.61 Å². The van der Waals surface area contributed by atoms with Crippen molar-refractivity contribution in [2.24, 2.45) is 0 Å². The number of alkyl halides is 1. The Kier molecular flexibility index (Phi) is 8.45. The Labute approximate surface area is 87.6 Å². The van der Waals surface area contributed by atoms with Gasteiger partial charge in [-0.3, -0.25) is 4.79 Å². The largest absolute Gasteiger partial charge is 0.465 e. The van der Waals surface area contributed by atoms with Gasteiger partial charge in [-0.15, -0.1) is 0 Å². The average Bonchev–Trinajstić information content (AvgIpc) is 2.12. The molecule has 0 aromatic carbocycles. The van der Waals surface area contributed by atoms with Crippen molar-refractivity contribution in [3.63, 3.8) is 0 Å². The molecule has 0 rings (SSSR count). The molecular formula is C9H17BrO3. The summed E-state index contributed by atoms with van der Waals surface area (Å²) in [4.78, 5) is 10.9. The molecule has 0 saturated heterocycles. The molecule has 13 heavy (non-hydrogen) atoms. The topological polar surface area (TPSA) is 46.5 Å². The molecule has 0 aromatic rings. The third-order valence-electron chi connectivity index (χ3n) is 1.66. The third kappa shape index (κ3) is 7.02. The number of rotatable bonds is 7. The van der Waals surface area contributed by atoms with Crippen molar-refractivity contribution in [2.45, 2.75) is 37.4 Å². The van der Waals surface area contributed by atoms with Crippen molar-refractivity contribution >= 4 is 21.9 Å². The average molecular weight is 253 g/mol. The highest BCUT2D eigenvalue weighted by molar-refractivity contribution is 9.10. The van der Waals surface area contributed by atoms with Crippen LogP contribution < -0.4 is 0 Å². The van der Waals surface area contributed by atoms with E-state index < -0.39 is 0 Å². The second-order valence-electron chi connectivity index (χ2n) is 2.79. The number of carbonyl (C=O) groups excluding carboxylic acids is 1. The predicted octanol–water partition coefficient (Wildman–Crippen LogP) is 1.87. The van der Waals surface area contributed by atoms with Crippen molar-refractivity contribution in [1.29, 1.82) is 0 Å². The minimum Gasteiger partial charge on any atom is -0.465 e. The van der Waals surface area contributed by atoms with Crippen LogP contribution in [0.4, 0.5) is 0 Å². The van der Waals surface area contributed by atoms with Crippen molar-refractivity contribution in [1.82, 2.24) is 0 Å². The van der Waals surface area contributed by atoms with Crippen LogP contribution >= 0.6 is 15.9 Å². The van der Waals surface area contributed by atoms with Crippen molar-refractivity contribution in [2.75, 3.05) is 13.2 Å². The van der Waals surface area contributed by atoms with Gasteiger partial charge in [-0.05, 0) is 19.8 Å². The van der Waals surface area contributed by atoms with Crippen molar-refractivity contribution in [3.8, 4) is 0 Å². The second-order valence-corrected chi connectivity index (χ2v) is 3.90. The van der Waals surface area contributed by atoms with Crippen LogP contribution in [-0.2, 0) is 9.53 Å². The number of unbranched alkanes of at least 4 members (excludes halogenated alkanes) is 2. The number of carbonyl (C=O) groups is 1. The Hall–Kier alpha value is -0.0900. The lowest BCUT2D eigenvalue weighted by molar-refractivity contribution is -0.142. The van der Waals surface area contributed by atoms with E-state index in [1.165, 1.54) is 0 Å². The molecule has 0 aliphatic rings. The Morgan fingerprint density at radius 2 is 2.15 bits per heavy atom. The van der Waals surface area contributed by atoms with Gasteiger partial charge >= 0.3 is 5.97 Å². The zero-order valence-electron chi connectivity index (χ0n) is 7.96. The first kappa shape index (κ1) is 12.9. The Morgan fingerprint density at radius 3 is 2.69 bits per heavy atom. The monoisotopic (exact) mass is 252 g/mol. The number of esters is 1. The van der Waals surface area contributed by atoms with E-state index in [1.54, 1.807) is 6.92 Å². The summed E-state index contributed by atoms with van der Waals surface area (Å²) in [5.41, 5.74) is 0. The maximum absolute atomic E-state index is 11.1. The van der Waals surface area contributed by atoms with Crippen LogP contribution in [0.3, 0.4) is 0 Å². The molecule has 1 unspecified atom stereocenters. The maximum Gasteiger partial charge on any atom is 0.319 e. The van der Waals surface area contributed by atoms with Gasteiger partial charge in [0.05, 0.1) is 6.61 Å². The van der Waals surface area contributed by atoms with Gasteiger partial charge < -0.3 is 9.84 Å². The highest BCUT2D eigenvalue weighted by Crippen LogP contribution is 2.12. The summed E-state index contributed by atoms with van der Waals surface area (Å²) in [6.07, 6.45) is 3.48. The summed E-state index contributed by atoms with van der Waals surface area (Å²) in [6, 6.07) is 0. The molecule has 0 aliphatic heterocycles. The number of halogens is 1. The molecule has 0 aliphatic carbocycles. The first-order valence-electron chi connectivity index (χ1n) is 4.64. The number of hydrogen-bond acceptors (Lipinski definition) is 3. The van der Waals surface area contributed by atoms with Crippen LogP contribution in [-0.4, -0.2) is 29.1 Å². The molecule has 0 bridgehead atoms. The van der Waals surface area contributed by atoms with Gasteiger partial charge in [0, 0.05) is 6.61 Å². The Bertz CT molecular complexity index is 139. The van der Waals surface area contributed by atoms with Crippen LogP contribution in [0, 0.1) is 0 Å². The smallest absolute Gasteiger partial charge is 0.319 e. The summed E-state index contributed by atoms with van der Waals surface area (Å²) < 4.78 is 4.83. The standard InChI is InChI=1S/C9H17BrO3/c1-2-13-9(12)8(10)6-4-3-5-7-11/h8,11H,2-7H2,1H3. The molecular weight excluding hydrogens is 236 g/mol. The normalized spacial score (nSPS) is 12.5. The third-order valence-corrected chi connectivity index (χ3v) is 2.49. The fraction of sp³-hybridized carbons (Fsp3) is 0.889. The molecule has 4 heteroatoms. The van der Waals surface area contributed by atoms with E-state index in [9.17, 15) is 4.79 Å². The van der Waals surface area contributed by atoms with Crippen LogP contribution in [0.25, 0.3) is 0 Å². The lowest BCUT2D eigenvalue weighted by Gasteiger charge is -2.07. The van der Waals surface area contributed by atoms with Crippen LogP contribution in [0.15, 0.2) is 0 Å². The number of hydrogen-bond donors (Lipinski definition) is 1. The number of aliphatic hydroxyl groups excluding tert-OH is 1. The van der Waals surface area contributed by atoms with Gasteiger partial charge in [0.2, 0.25) is 0 Å². The molecule has 3 nitrogen and oxygen atoms in total. The Balaban J connectivity index is 3.38. The summed E-state index contributed by atoms with van der Waals surface area (Å²) in [6.45, 7) is 2.45. The number of ether oxygens (including phenoxy) is 1. The lowest BCUT2D eigenvalue weighted by Crippen LogP contribution is -2.17. The van der Waals surface area contributed by atoms with Gasteiger partial charge in [0.1, 0.15) is 4.83 Å². The molecule has 0 amide bonds. The summed E-state index contributed by atoms with van der Waals surface area (Å²) >= 11 is 3.26. The Morgan fingerprint density at radius 1 is 1.46 bits per heavy atom. The minimum absolute atomic E-state index is 0.188. The van der Waals surface area contributed by atoms with E-state index in [0.717, 1.165) is 25.7 Å². The fourth-order valence-electron chi connectivity index (χ4n) is 0.963. The van der Waals surface area contributed by atoms with Gasteiger partial charge in [-0.25, -0.2) is 0 Å². The minimum atomic E-state index is -0.189.